The third-order valence-electron chi connectivity index (χ3n) is 4.01. The van der Waals surface area contributed by atoms with Crippen molar-refractivity contribution in [2.75, 3.05) is 0 Å². The Morgan fingerprint density at radius 3 is 2.48 bits per heavy atom. The van der Waals surface area contributed by atoms with Crippen LogP contribution in [0.15, 0.2) is 24.3 Å². The number of alkyl halides is 3. The molecule has 1 aromatic carbocycles. The van der Waals surface area contributed by atoms with Crippen LogP contribution >= 0.6 is 0 Å². The fourth-order valence-electron chi connectivity index (χ4n) is 2.76. The molecule has 0 heterocycles. The van der Waals surface area contributed by atoms with Crippen LogP contribution in [0.4, 0.5) is 13.2 Å². The smallest absolute Gasteiger partial charge is 0.406 e. The molecule has 21 heavy (non-hydrogen) atoms. The minimum Gasteiger partial charge on any atom is -0.406 e. The van der Waals surface area contributed by atoms with E-state index in [0.717, 1.165) is 11.5 Å². The molecule has 1 saturated carbocycles. The van der Waals surface area contributed by atoms with Crippen LogP contribution in [-0.4, -0.2) is 12.4 Å². The molecule has 5 heteroatoms. The summed E-state index contributed by atoms with van der Waals surface area (Å²) in [6.45, 7) is 2.98. The van der Waals surface area contributed by atoms with Crippen molar-refractivity contribution < 1.29 is 17.9 Å². The van der Waals surface area contributed by atoms with Crippen LogP contribution in [0, 0.1) is 5.92 Å². The average Bonchev–Trinajstić information content (AvgIpc) is 2.61. The zero-order valence-electron chi connectivity index (χ0n) is 12.2. The van der Waals surface area contributed by atoms with Gasteiger partial charge in [0.15, 0.2) is 0 Å². The van der Waals surface area contributed by atoms with Crippen molar-refractivity contribution >= 4 is 0 Å². The first-order valence-corrected chi connectivity index (χ1v) is 7.50. The quantitative estimate of drug-likeness (QED) is 0.818. The van der Waals surface area contributed by atoms with Gasteiger partial charge in [0.05, 0.1) is 0 Å². The van der Waals surface area contributed by atoms with Gasteiger partial charge < -0.3 is 10.1 Å². The molecule has 1 aromatic rings. The van der Waals surface area contributed by atoms with Crippen molar-refractivity contribution in [3.8, 4) is 5.75 Å². The number of hydrogen-bond acceptors (Lipinski definition) is 2. The second kappa shape index (κ2) is 7.16. The van der Waals surface area contributed by atoms with Crippen LogP contribution in [0.1, 0.15) is 44.6 Å². The highest BCUT2D eigenvalue weighted by molar-refractivity contribution is 5.27. The molecule has 2 unspecified atom stereocenters. The average molecular weight is 301 g/mol. The Morgan fingerprint density at radius 2 is 1.81 bits per heavy atom. The number of hydrogen-bond donors (Lipinski definition) is 1. The molecule has 2 nitrogen and oxygen atoms in total. The lowest BCUT2D eigenvalue weighted by atomic mass is 10.0. The molecule has 0 aliphatic heterocycles. The maximum absolute atomic E-state index is 12.1. The van der Waals surface area contributed by atoms with Crippen LogP contribution in [0.25, 0.3) is 0 Å². The first-order valence-electron chi connectivity index (χ1n) is 7.50. The number of halogens is 3. The van der Waals surface area contributed by atoms with Crippen LogP contribution in [0.2, 0.25) is 0 Å². The van der Waals surface area contributed by atoms with Gasteiger partial charge in [-0.05, 0) is 42.9 Å². The van der Waals surface area contributed by atoms with Gasteiger partial charge in [-0.15, -0.1) is 13.2 Å². The lowest BCUT2D eigenvalue weighted by molar-refractivity contribution is -0.274. The zero-order valence-corrected chi connectivity index (χ0v) is 12.2. The Labute approximate surface area is 123 Å². The molecular weight excluding hydrogens is 279 g/mol. The molecule has 0 saturated heterocycles. The zero-order chi connectivity index (χ0) is 15.3. The highest BCUT2D eigenvalue weighted by atomic mass is 19.4. The van der Waals surface area contributed by atoms with Gasteiger partial charge in [-0.3, -0.25) is 0 Å². The van der Waals surface area contributed by atoms with Crippen molar-refractivity contribution in [2.24, 2.45) is 5.92 Å². The highest BCUT2D eigenvalue weighted by Crippen LogP contribution is 2.24. The Morgan fingerprint density at radius 1 is 1.10 bits per heavy atom. The summed E-state index contributed by atoms with van der Waals surface area (Å²) in [6, 6.07) is 6.58. The molecule has 118 valence electrons. The molecule has 1 aliphatic carbocycles. The summed E-state index contributed by atoms with van der Waals surface area (Å²) < 4.78 is 40.1. The summed E-state index contributed by atoms with van der Waals surface area (Å²) in [5.74, 6) is 0.630. The number of rotatable bonds is 4. The molecule has 2 rings (SSSR count). The van der Waals surface area contributed by atoms with E-state index in [4.69, 9.17) is 0 Å². The van der Waals surface area contributed by atoms with E-state index < -0.39 is 6.36 Å². The molecule has 0 radical (unpaired) electrons. The summed E-state index contributed by atoms with van der Waals surface area (Å²) in [6.07, 6.45) is 1.52. The Kier molecular flexibility index (Phi) is 5.51. The van der Waals surface area contributed by atoms with Gasteiger partial charge in [-0.2, -0.15) is 0 Å². The predicted octanol–water partition coefficient (Wildman–Crippen LogP) is 4.64. The molecule has 0 spiro atoms. The van der Waals surface area contributed by atoms with Gasteiger partial charge in [0.2, 0.25) is 0 Å². The Bertz CT molecular complexity index is 430. The molecular formula is C16H22F3NO. The van der Waals surface area contributed by atoms with E-state index in [9.17, 15) is 13.2 Å². The summed E-state index contributed by atoms with van der Waals surface area (Å²) >= 11 is 0. The fourth-order valence-corrected chi connectivity index (χ4v) is 2.76. The van der Waals surface area contributed by atoms with E-state index in [2.05, 4.69) is 17.0 Å². The molecule has 2 atom stereocenters. The van der Waals surface area contributed by atoms with Gasteiger partial charge >= 0.3 is 6.36 Å². The van der Waals surface area contributed by atoms with Crippen LogP contribution < -0.4 is 10.1 Å². The first-order chi connectivity index (χ1) is 9.92. The molecule has 1 fully saturated rings. The number of nitrogens with one attached hydrogen (secondary N) is 1. The van der Waals surface area contributed by atoms with Crippen molar-refractivity contribution in [3.63, 3.8) is 0 Å². The SMILES string of the molecule is CC1CCCC(NCc2ccc(OC(F)(F)F)cc2)CC1. The summed E-state index contributed by atoms with van der Waals surface area (Å²) in [5.41, 5.74) is 0.974. The normalized spacial score (nSPS) is 23.6. The number of ether oxygens (including phenoxy) is 1. The largest absolute Gasteiger partial charge is 0.573 e. The maximum atomic E-state index is 12.1. The van der Waals surface area contributed by atoms with Crippen molar-refractivity contribution in [1.82, 2.24) is 5.32 Å². The summed E-state index contributed by atoms with van der Waals surface area (Å²) in [4.78, 5) is 0. The number of benzene rings is 1. The van der Waals surface area contributed by atoms with Crippen LogP contribution in [-0.2, 0) is 6.54 Å². The topological polar surface area (TPSA) is 21.3 Å². The Balaban J connectivity index is 1.80. The maximum Gasteiger partial charge on any atom is 0.573 e. The van der Waals surface area contributed by atoms with E-state index in [-0.39, 0.29) is 5.75 Å². The van der Waals surface area contributed by atoms with Crippen molar-refractivity contribution in [2.45, 2.75) is 58.0 Å². The van der Waals surface area contributed by atoms with E-state index >= 15 is 0 Å². The van der Waals surface area contributed by atoms with Gasteiger partial charge in [0, 0.05) is 12.6 Å². The van der Waals surface area contributed by atoms with Crippen molar-refractivity contribution in [3.05, 3.63) is 29.8 Å². The van der Waals surface area contributed by atoms with Crippen LogP contribution in [0.3, 0.4) is 0 Å². The molecule has 0 amide bonds. The monoisotopic (exact) mass is 301 g/mol. The van der Waals surface area contributed by atoms with Gasteiger partial charge in [0.1, 0.15) is 5.75 Å². The molecule has 1 N–H and O–H groups in total. The third kappa shape index (κ3) is 5.96. The van der Waals surface area contributed by atoms with E-state index in [0.29, 0.717) is 12.6 Å². The fraction of sp³-hybridized carbons (Fsp3) is 0.625. The third-order valence-corrected chi connectivity index (χ3v) is 4.01. The lowest BCUT2D eigenvalue weighted by Gasteiger charge is -2.16. The van der Waals surface area contributed by atoms with Crippen LogP contribution in [0.5, 0.6) is 5.75 Å². The van der Waals surface area contributed by atoms with Gasteiger partial charge in [-0.1, -0.05) is 31.9 Å². The molecule has 1 aliphatic rings. The summed E-state index contributed by atoms with van der Waals surface area (Å²) in [7, 11) is 0. The minimum absolute atomic E-state index is 0.172. The second-order valence-corrected chi connectivity index (χ2v) is 5.88. The van der Waals surface area contributed by atoms with E-state index in [1.807, 2.05) is 0 Å². The molecule has 0 aromatic heterocycles. The lowest BCUT2D eigenvalue weighted by Crippen LogP contribution is -2.27. The molecule has 0 bridgehead atoms. The second-order valence-electron chi connectivity index (χ2n) is 5.88. The summed E-state index contributed by atoms with van der Waals surface area (Å²) in [5, 5.41) is 3.50. The van der Waals surface area contributed by atoms with E-state index in [1.165, 1.54) is 44.2 Å². The minimum atomic E-state index is -4.63. The van der Waals surface area contributed by atoms with E-state index in [1.54, 1.807) is 12.1 Å². The highest BCUT2D eigenvalue weighted by Gasteiger charge is 2.30. The first kappa shape index (κ1) is 16.1. The Hall–Kier alpha value is -1.23. The standard InChI is InChI=1S/C16H22F3NO/c1-12-3-2-4-14(8-5-12)20-11-13-6-9-15(10-7-13)21-16(17,18)19/h6-7,9-10,12,14,20H,2-5,8,11H2,1H3. The van der Waals surface area contributed by atoms with Gasteiger partial charge in [0.25, 0.3) is 0 Å². The predicted molar refractivity (Wildman–Crippen MR) is 76.0 cm³/mol. The van der Waals surface area contributed by atoms with Crippen molar-refractivity contribution in [1.29, 1.82) is 0 Å². The van der Waals surface area contributed by atoms with Gasteiger partial charge in [-0.25, -0.2) is 0 Å².